The molecule has 3 aromatic rings. The Bertz CT molecular complexity index is 1260. The Morgan fingerprint density at radius 3 is 2.83 bits per heavy atom. The topological polar surface area (TPSA) is 103 Å². The molecule has 0 aliphatic carbocycles. The molecule has 9 heteroatoms. The molecule has 2 heterocycles. The second-order valence-electron chi connectivity index (χ2n) is 7.21. The van der Waals surface area contributed by atoms with E-state index in [0.717, 1.165) is 33.1 Å². The first-order chi connectivity index (χ1) is 14.3. The molecule has 0 saturated carbocycles. The van der Waals surface area contributed by atoms with Gasteiger partial charge in [-0.3, -0.25) is 14.5 Å². The fourth-order valence-electron chi connectivity index (χ4n) is 3.53. The highest BCUT2D eigenvalue weighted by molar-refractivity contribution is 9.10. The third kappa shape index (κ3) is 4.41. The van der Waals surface area contributed by atoms with Gasteiger partial charge in [0.05, 0.1) is 11.3 Å². The molecule has 0 unspecified atom stereocenters. The highest BCUT2D eigenvalue weighted by Gasteiger charge is 2.19. The maximum atomic E-state index is 12.7. The minimum absolute atomic E-state index is 0.0853. The SMILES string of the molecule is Cc1[nH]c2ccc(Br)cc2c1CC(=O)Nc1cccc(S(=O)(=O)NC2=NCCC2)c1. The van der Waals surface area contributed by atoms with E-state index < -0.39 is 10.0 Å². The minimum Gasteiger partial charge on any atom is -0.358 e. The third-order valence-electron chi connectivity index (χ3n) is 4.97. The summed E-state index contributed by atoms with van der Waals surface area (Å²) in [5.41, 5.74) is 3.23. The number of halogens is 1. The zero-order valence-corrected chi connectivity index (χ0v) is 18.7. The van der Waals surface area contributed by atoms with Gasteiger partial charge in [0.2, 0.25) is 5.91 Å². The van der Waals surface area contributed by atoms with Gasteiger partial charge >= 0.3 is 0 Å². The summed E-state index contributed by atoms with van der Waals surface area (Å²) in [6, 6.07) is 12.1. The van der Waals surface area contributed by atoms with Gasteiger partial charge in [0.25, 0.3) is 10.0 Å². The van der Waals surface area contributed by atoms with Crippen molar-refractivity contribution in [3.05, 3.63) is 58.2 Å². The van der Waals surface area contributed by atoms with Crippen LogP contribution >= 0.6 is 15.9 Å². The van der Waals surface area contributed by atoms with E-state index in [0.29, 0.717) is 24.5 Å². The fourth-order valence-corrected chi connectivity index (χ4v) is 5.02. The van der Waals surface area contributed by atoms with Gasteiger partial charge < -0.3 is 10.3 Å². The number of anilines is 1. The molecule has 1 aromatic heterocycles. The van der Waals surface area contributed by atoms with Gasteiger partial charge in [0, 0.05) is 39.7 Å². The normalized spacial score (nSPS) is 14.0. The Kier molecular flexibility index (Phi) is 5.66. The number of aryl methyl sites for hydroxylation is 1. The van der Waals surface area contributed by atoms with Crippen molar-refractivity contribution in [2.24, 2.45) is 4.99 Å². The largest absolute Gasteiger partial charge is 0.358 e. The number of aromatic amines is 1. The van der Waals surface area contributed by atoms with Crippen LogP contribution in [0.1, 0.15) is 24.1 Å². The van der Waals surface area contributed by atoms with Gasteiger partial charge in [-0.05, 0) is 55.3 Å². The molecule has 7 nitrogen and oxygen atoms in total. The van der Waals surface area contributed by atoms with Crippen LogP contribution in [0.25, 0.3) is 10.9 Å². The molecule has 1 amide bonds. The Morgan fingerprint density at radius 1 is 1.23 bits per heavy atom. The molecule has 0 radical (unpaired) electrons. The molecule has 0 atom stereocenters. The molecule has 1 aliphatic heterocycles. The van der Waals surface area contributed by atoms with Crippen LogP contribution in [0.4, 0.5) is 5.69 Å². The fraction of sp³-hybridized carbons (Fsp3) is 0.238. The lowest BCUT2D eigenvalue weighted by Crippen LogP contribution is -2.29. The first-order valence-electron chi connectivity index (χ1n) is 9.54. The van der Waals surface area contributed by atoms with E-state index in [-0.39, 0.29) is 17.2 Å². The molecule has 2 aromatic carbocycles. The van der Waals surface area contributed by atoms with Crippen molar-refractivity contribution in [3.63, 3.8) is 0 Å². The summed E-state index contributed by atoms with van der Waals surface area (Å²) in [5, 5.41) is 3.79. The molecule has 0 fully saturated rings. The van der Waals surface area contributed by atoms with Crippen LogP contribution in [0.3, 0.4) is 0 Å². The van der Waals surface area contributed by atoms with E-state index in [4.69, 9.17) is 0 Å². The minimum atomic E-state index is -3.73. The number of aliphatic imine (C=N–C) groups is 1. The number of carbonyl (C=O) groups excluding carboxylic acids is 1. The van der Waals surface area contributed by atoms with Gasteiger partial charge in [0.15, 0.2) is 0 Å². The molecule has 0 bridgehead atoms. The number of H-pyrrole nitrogens is 1. The van der Waals surface area contributed by atoms with Crippen LogP contribution in [0.5, 0.6) is 0 Å². The number of benzene rings is 2. The Morgan fingerprint density at radius 2 is 2.07 bits per heavy atom. The standard InChI is InChI=1S/C21H21BrN4O3S/c1-13-17(18-10-14(22)7-8-19(18)24-13)12-21(27)25-15-4-2-5-16(11-15)30(28,29)26-20-6-3-9-23-20/h2,4-5,7-8,10-11,24H,3,6,9,12H2,1H3,(H,23,26)(H,25,27). The zero-order chi connectivity index (χ0) is 21.3. The molecular formula is C21H21BrN4O3S. The summed E-state index contributed by atoms with van der Waals surface area (Å²) >= 11 is 3.47. The number of hydrogen-bond acceptors (Lipinski definition) is 4. The molecular weight excluding hydrogens is 468 g/mol. The highest BCUT2D eigenvalue weighted by atomic mass is 79.9. The molecule has 4 rings (SSSR count). The quantitative estimate of drug-likeness (QED) is 0.507. The highest BCUT2D eigenvalue weighted by Crippen LogP contribution is 2.26. The van der Waals surface area contributed by atoms with Crippen molar-refractivity contribution in [3.8, 4) is 0 Å². The molecule has 3 N–H and O–H groups in total. The van der Waals surface area contributed by atoms with Crippen LogP contribution in [0.15, 0.2) is 56.8 Å². The maximum Gasteiger partial charge on any atom is 0.262 e. The summed E-state index contributed by atoms with van der Waals surface area (Å²) in [5.74, 6) is 0.257. The Balaban J connectivity index is 1.51. The number of carbonyl (C=O) groups is 1. The molecule has 0 saturated heterocycles. The molecule has 0 spiro atoms. The van der Waals surface area contributed by atoms with Crippen LogP contribution in [-0.2, 0) is 21.2 Å². The number of amidine groups is 1. The average molecular weight is 489 g/mol. The van der Waals surface area contributed by atoms with Gasteiger partial charge in [-0.2, -0.15) is 0 Å². The summed E-state index contributed by atoms with van der Waals surface area (Å²) in [6.07, 6.45) is 1.64. The third-order valence-corrected chi connectivity index (χ3v) is 6.85. The molecule has 156 valence electrons. The van der Waals surface area contributed by atoms with E-state index in [1.165, 1.54) is 12.1 Å². The van der Waals surface area contributed by atoms with E-state index in [1.54, 1.807) is 12.1 Å². The summed E-state index contributed by atoms with van der Waals surface area (Å²) < 4.78 is 28.6. The summed E-state index contributed by atoms with van der Waals surface area (Å²) in [6.45, 7) is 2.57. The second kappa shape index (κ2) is 8.23. The van der Waals surface area contributed by atoms with Crippen molar-refractivity contribution in [2.45, 2.75) is 31.1 Å². The number of rotatable bonds is 5. The molecule has 1 aliphatic rings. The number of nitrogens with one attached hydrogen (secondary N) is 3. The van der Waals surface area contributed by atoms with Crippen molar-refractivity contribution in [2.75, 3.05) is 11.9 Å². The first-order valence-corrected chi connectivity index (χ1v) is 11.8. The summed E-state index contributed by atoms with van der Waals surface area (Å²) in [7, 11) is -3.73. The lowest BCUT2D eigenvalue weighted by Gasteiger charge is -2.10. The monoisotopic (exact) mass is 488 g/mol. The number of aromatic nitrogens is 1. The van der Waals surface area contributed by atoms with Crippen molar-refractivity contribution >= 4 is 54.3 Å². The van der Waals surface area contributed by atoms with Crippen molar-refractivity contribution in [1.29, 1.82) is 0 Å². The smallest absolute Gasteiger partial charge is 0.262 e. The van der Waals surface area contributed by atoms with Gasteiger partial charge in [-0.25, -0.2) is 8.42 Å². The molecule has 30 heavy (non-hydrogen) atoms. The van der Waals surface area contributed by atoms with E-state index in [9.17, 15) is 13.2 Å². The number of nitrogens with zero attached hydrogens (tertiary/aromatic N) is 1. The van der Waals surface area contributed by atoms with E-state index in [2.05, 4.69) is 35.9 Å². The van der Waals surface area contributed by atoms with Crippen LogP contribution in [-0.4, -0.2) is 31.7 Å². The lowest BCUT2D eigenvalue weighted by molar-refractivity contribution is -0.115. The van der Waals surface area contributed by atoms with Gasteiger partial charge in [-0.1, -0.05) is 22.0 Å². The number of hydrogen-bond donors (Lipinski definition) is 3. The first kappa shape index (κ1) is 20.6. The Labute approximate surface area is 183 Å². The van der Waals surface area contributed by atoms with E-state index >= 15 is 0 Å². The Hall–Kier alpha value is -2.65. The van der Waals surface area contributed by atoms with Crippen molar-refractivity contribution < 1.29 is 13.2 Å². The number of sulfonamides is 1. The van der Waals surface area contributed by atoms with Crippen LogP contribution in [0.2, 0.25) is 0 Å². The predicted octanol–water partition coefficient (Wildman–Crippen LogP) is 3.89. The number of fused-ring (bicyclic) bond motifs is 1. The second-order valence-corrected chi connectivity index (χ2v) is 9.81. The van der Waals surface area contributed by atoms with Crippen molar-refractivity contribution in [1.82, 2.24) is 9.71 Å². The van der Waals surface area contributed by atoms with Gasteiger partial charge in [-0.15, -0.1) is 0 Å². The van der Waals surface area contributed by atoms with E-state index in [1.807, 2.05) is 25.1 Å². The van der Waals surface area contributed by atoms with Crippen LogP contribution in [0, 0.1) is 6.92 Å². The summed E-state index contributed by atoms with van der Waals surface area (Å²) in [4.78, 5) is 20.2. The average Bonchev–Trinajstić information content (AvgIpc) is 3.30. The predicted molar refractivity (Wildman–Crippen MR) is 121 cm³/mol. The lowest BCUT2D eigenvalue weighted by atomic mass is 10.1. The zero-order valence-electron chi connectivity index (χ0n) is 16.3. The maximum absolute atomic E-state index is 12.7. The van der Waals surface area contributed by atoms with Gasteiger partial charge in [0.1, 0.15) is 5.84 Å². The number of amides is 1. The van der Waals surface area contributed by atoms with Crippen LogP contribution < -0.4 is 10.0 Å².